The van der Waals surface area contributed by atoms with Gasteiger partial charge in [-0.1, -0.05) is 30.3 Å². The fourth-order valence-corrected chi connectivity index (χ4v) is 1.90. The monoisotopic (exact) mass is 304 g/mol. The van der Waals surface area contributed by atoms with Gasteiger partial charge in [-0.3, -0.25) is 4.79 Å². The number of nitrogens with zero attached hydrogens (tertiary/aromatic N) is 3. The zero-order chi connectivity index (χ0) is 15.8. The van der Waals surface area contributed by atoms with Crippen molar-refractivity contribution in [2.45, 2.75) is 33.1 Å². The van der Waals surface area contributed by atoms with Gasteiger partial charge in [0.15, 0.2) is 0 Å². The first-order valence-corrected chi connectivity index (χ1v) is 7.21. The molecule has 2 rings (SSSR count). The number of hydrogen-bond acceptors (Lipinski definition) is 5. The highest BCUT2D eigenvalue weighted by Crippen LogP contribution is 2.13. The predicted octanol–water partition coefficient (Wildman–Crippen LogP) is 0.876. The summed E-state index contributed by atoms with van der Waals surface area (Å²) in [5.41, 5.74) is 1.01. The van der Waals surface area contributed by atoms with Crippen LogP contribution in [0.4, 0.5) is 0 Å². The number of benzene rings is 1. The molecule has 0 aliphatic carbocycles. The van der Waals surface area contributed by atoms with Gasteiger partial charge in [-0.2, -0.15) is 0 Å². The van der Waals surface area contributed by atoms with E-state index >= 15 is 0 Å². The fourth-order valence-electron chi connectivity index (χ4n) is 1.90. The van der Waals surface area contributed by atoms with Gasteiger partial charge in [-0.05, 0) is 18.6 Å². The van der Waals surface area contributed by atoms with Crippen LogP contribution in [-0.2, 0) is 24.6 Å². The minimum atomic E-state index is -0.246. The molecule has 1 aromatic carbocycles. The summed E-state index contributed by atoms with van der Waals surface area (Å²) in [6, 6.07) is 9.31. The van der Waals surface area contributed by atoms with Gasteiger partial charge in [-0.25, -0.2) is 4.68 Å². The van der Waals surface area contributed by atoms with E-state index in [1.165, 1.54) is 4.68 Å². The van der Waals surface area contributed by atoms with Crippen molar-refractivity contribution in [3.05, 3.63) is 41.7 Å². The number of carbonyl (C=O) groups is 1. The molecule has 7 nitrogen and oxygen atoms in total. The summed E-state index contributed by atoms with van der Waals surface area (Å²) in [6.45, 7) is 2.60. The second kappa shape index (κ2) is 8.14. The van der Waals surface area contributed by atoms with Gasteiger partial charge in [0.05, 0.1) is 6.61 Å². The lowest BCUT2D eigenvalue weighted by atomic mass is 10.3. The van der Waals surface area contributed by atoms with Crippen molar-refractivity contribution in [1.29, 1.82) is 0 Å². The van der Waals surface area contributed by atoms with E-state index in [4.69, 9.17) is 4.74 Å². The number of nitrogens with one attached hydrogen (secondary N) is 1. The first kappa shape index (κ1) is 16.0. The maximum absolute atomic E-state index is 11.8. The molecule has 1 heterocycles. The van der Waals surface area contributed by atoms with Gasteiger partial charge in [0.25, 0.3) is 0 Å². The topological polar surface area (TPSA) is 89.3 Å². The smallest absolute Gasteiger partial charge is 0.241 e. The molecule has 0 aliphatic heterocycles. The molecule has 0 saturated carbocycles. The Labute approximate surface area is 128 Å². The Morgan fingerprint density at radius 2 is 2.14 bits per heavy atom. The normalized spacial score (nSPS) is 10.5. The van der Waals surface area contributed by atoms with Crippen LogP contribution in [0.25, 0.3) is 0 Å². The van der Waals surface area contributed by atoms with Gasteiger partial charge in [0.2, 0.25) is 5.91 Å². The highest BCUT2D eigenvalue weighted by Gasteiger charge is 2.15. The molecule has 7 heteroatoms. The quantitative estimate of drug-likeness (QED) is 0.755. The zero-order valence-electron chi connectivity index (χ0n) is 12.5. The highest BCUT2D eigenvalue weighted by atomic mass is 16.5. The third-order valence-electron chi connectivity index (χ3n) is 3.05. The molecule has 0 saturated heterocycles. The van der Waals surface area contributed by atoms with E-state index in [2.05, 4.69) is 15.6 Å². The number of para-hydroxylation sites is 1. The summed E-state index contributed by atoms with van der Waals surface area (Å²) in [7, 11) is 0. The Morgan fingerprint density at radius 1 is 1.36 bits per heavy atom. The number of aromatic nitrogens is 3. The van der Waals surface area contributed by atoms with E-state index in [-0.39, 0.29) is 25.7 Å². The molecule has 2 aromatic rings. The Hall–Kier alpha value is -2.41. The van der Waals surface area contributed by atoms with E-state index in [9.17, 15) is 9.90 Å². The van der Waals surface area contributed by atoms with Gasteiger partial charge in [0, 0.05) is 6.54 Å². The first-order chi connectivity index (χ1) is 10.7. The van der Waals surface area contributed by atoms with E-state index < -0.39 is 0 Å². The SMILES string of the molecule is CCCNC(=O)Cn1nnc(CO)c1COc1ccccc1. The zero-order valence-corrected chi connectivity index (χ0v) is 12.5. The summed E-state index contributed by atoms with van der Waals surface area (Å²) < 4.78 is 7.11. The highest BCUT2D eigenvalue weighted by molar-refractivity contribution is 5.75. The van der Waals surface area contributed by atoms with Crippen LogP contribution in [0.5, 0.6) is 5.75 Å². The van der Waals surface area contributed by atoms with Crippen molar-refractivity contribution < 1.29 is 14.6 Å². The van der Waals surface area contributed by atoms with Crippen molar-refractivity contribution in [2.24, 2.45) is 0 Å². The minimum Gasteiger partial charge on any atom is -0.487 e. The molecule has 0 atom stereocenters. The Kier molecular flexibility index (Phi) is 5.91. The molecule has 0 fully saturated rings. The summed E-state index contributed by atoms with van der Waals surface area (Å²) in [5.74, 6) is 0.562. The maximum Gasteiger partial charge on any atom is 0.241 e. The molecular weight excluding hydrogens is 284 g/mol. The van der Waals surface area contributed by atoms with Gasteiger partial charge < -0.3 is 15.2 Å². The standard InChI is InChI=1S/C15H20N4O3/c1-2-8-16-15(21)9-19-14(13(10-20)17-18-19)11-22-12-6-4-3-5-7-12/h3-7,20H,2,8-11H2,1H3,(H,16,21). The Bertz CT molecular complexity index is 598. The van der Waals surface area contributed by atoms with Gasteiger partial charge in [-0.15, -0.1) is 5.10 Å². The molecule has 1 amide bonds. The van der Waals surface area contributed by atoms with Crippen molar-refractivity contribution in [2.75, 3.05) is 6.54 Å². The maximum atomic E-state index is 11.8. The lowest BCUT2D eigenvalue weighted by molar-refractivity contribution is -0.121. The van der Waals surface area contributed by atoms with Crippen molar-refractivity contribution in [3.8, 4) is 5.75 Å². The molecule has 0 bridgehead atoms. The van der Waals surface area contributed by atoms with Crippen LogP contribution in [-0.4, -0.2) is 32.6 Å². The Balaban J connectivity index is 2.05. The molecule has 118 valence electrons. The second-order valence-electron chi connectivity index (χ2n) is 4.75. The molecule has 1 aromatic heterocycles. The van der Waals surface area contributed by atoms with E-state index in [0.717, 1.165) is 6.42 Å². The summed E-state index contributed by atoms with van der Waals surface area (Å²) in [5, 5.41) is 19.9. The predicted molar refractivity (Wildman–Crippen MR) is 80.0 cm³/mol. The lowest BCUT2D eigenvalue weighted by Crippen LogP contribution is -2.29. The molecule has 2 N–H and O–H groups in total. The van der Waals surface area contributed by atoms with E-state index in [1.807, 2.05) is 37.3 Å². The van der Waals surface area contributed by atoms with Crippen LogP contribution >= 0.6 is 0 Å². The number of amides is 1. The number of carbonyl (C=O) groups excluding carboxylic acids is 1. The summed E-state index contributed by atoms with van der Waals surface area (Å²) in [6.07, 6.45) is 0.870. The second-order valence-corrected chi connectivity index (χ2v) is 4.75. The number of ether oxygens (including phenoxy) is 1. The average Bonchev–Trinajstić information content (AvgIpc) is 2.93. The average molecular weight is 304 g/mol. The van der Waals surface area contributed by atoms with Gasteiger partial charge in [0.1, 0.15) is 30.3 Å². The van der Waals surface area contributed by atoms with Crippen LogP contribution in [0.3, 0.4) is 0 Å². The number of hydrogen-bond donors (Lipinski definition) is 2. The third-order valence-corrected chi connectivity index (χ3v) is 3.05. The third kappa shape index (κ3) is 4.29. The van der Waals surface area contributed by atoms with Crippen molar-refractivity contribution >= 4 is 5.91 Å². The molecule has 0 unspecified atom stereocenters. The van der Waals surface area contributed by atoms with Crippen LogP contribution in [0, 0.1) is 0 Å². The molecule has 22 heavy (non-hydrogen) atoms. The summed E-state index contributed by atoms with van der Waals surface area (Å²) in [4.78, 5) is 11.8. The van der Waals surface area contributed by atoms with Crippen LogP contribution < -0.4 is 10.1 Å². The number of aliphatic hydroxyl groups excluding tert-OH is 1. The van der Waals surface area contributed by atoms with Crippen LogP contribution in [0.15, 0.2) is 30.3 Å². The molecule has 0 spiro atoms. The van der Waals surface area contributed by atoms with E-state index in [1.54, 1.807) is 0 Å². The minimum absolute atomic E-state index is 0.0560. The molecule has 0 radical (unpaired) electrons. The molecular formula is C15H20N4O3. The first-order valence-electron chi connectivity index (χ1n) is 7.21. The fraction of sp³-hybridized carbons (Fsp3) is 0.400. The van der Waals surface area contributed by atoms with Crippen LogP contribution in [0.1, 0.15) is 24.7 Å². The number of aliphatic hydroxyl groups is 1. The van der Waals surface area contributed by atoms with E-state index in [0.29, 0.717) is 23.7 Å². The van der Waals surface area contributed by atoms with Crippen molar-refractivity contribution in [3.63, 3.8) is 0 Å². The molecule has 0 aliphatic rings. The van der Waals surface area contributed by atoms with Gasteiger partial charge >= 0.3 is 0 Å². The number of rotatable bonds is 8. The Morgan fingerprint density at radius 3 is 2.82 bits per heavy atom. The summed E-state index contributed by atoms with van der Waals surface area (Å²) >= 11 is 0. The van der Waals surface area contributed by atoms with Crippen molar-refractivity contribution in [1.82, 2.24) is 20.3 Å². The lowest BCUT2D eigenvalue weighted by Gasteiger charge is -2.09. The van der Waals surface area contributed by atoms with Crippen LogP contribution in [0.2, 0.25) is 0 Å². The largest absolute Gasteiger partial charge is 0.487 e.